The number of carbonyl (C=O) groups excluding carboxylic acids is 2. The number of ether oxygens (including phenoxy) is 1. The molecule has 2 fully saturated rings. The van der Waals surface area contributed by atoms with E-state index in [4.69, 9.17) is 16.3 Å². The summed E-state index contributed by atoms with van der Waals surface area (Å²) >= 11 is 6.04. The van der Waals surface area contributed by atoms with E-state index in [9.17, 15) is 19.1 Å². The number of pyridine rings is 1. The summed E-state index contributed by atoms with van der Waals surface area (Å²) in [6.45, 7) is 5.52. The quantitative estimate of drug-likeness (QED) is 0.278. The number of amides is 1. The number of rotatable bonds is 6. The van der Waals surface area contributed by atoms with Crippen molar-refractivity contribution in [2.24, 2.45) is 5.92 Å². The molecule has 0 aliphatic heterocycles. The normalized spacial score (nSPS) is 19.5. The number of halogens is 2. The minimum Gasteiger partial charge on any atom is -0.504 e. The molecule has 206 valence electrons. The van der Waals surface area contributed by atoms with E-state index in [-0.39, 0.29) is 28.8 Å². The molecule has 1 aromatic heterocycles. The maximum atomic E-state index is 14.2. The molecule has 1 amide bonds. The molecule has 0 radical (unpaired) electrons. The summed E-state index contributed by atoms with van der Waals surface area (Å²) in [5.74, 6) is -1.29. The molecule has 0 unspecified atom stereocenters. The van der Waals surface area contributed by atoms with Crippen molar-refractivity contribution >= 4 is 40.1 Å². The summed E-state index contributed by atoms with van der Waals surface area (Å²) in [6.07, 6.45) is 6.17. The van der Waals surface area contributed by atoms with Gasteiger partial charge in [-0.2, -0.15) is 0 Å². The minimum atomic E-state index is -0.802. The SMILES string of the molecule is CC(C)(C)OC(=O)NC1CCC(Nc2c(C(=O)C3CC3)cnc3ccc(-c4cc(F)c(O)c(Cl)c4)cc23)CC1. The second-order valence-electron chi connectivity index (χ2n) is 11.5. The molecule has 2 aliphatic carbocycles. The van der Waals surface area contributed by atoms with E-state index in [1.165, 1.54) is 12.1 Å². The number of benzene rings is 2. The van der Waals surface area contributed by atoms with Crippen LogP contribution in [-0.2, 0) is 4.74 Å². The summed E-state index contributed by atoms with van der Waals surface area (Å²) in [4.78, 5) is 30.0. The van der Waals surface area contributed by atoms with Crippen LogP contribution in [0.3, 0.4) is 0 Å². The van der Waals surface area contributed by atoms with Gasteiger partial charge in [-0.3, -0.25) is 9.78 Å². The molecular weight excluding hydrogens is 521 g/mol. The van der Waals surface area contributed by atoms with E-state index in [0.29, 0.717) is 22.2 Å². The number of aromatic nitrogens is 1. The van der Waals surface area contributed by atoms with Crippen LogP contribution in [0.1, 0.15) is 69.7 Å². The van der Waals surface area contributed by atoms with Gasteiger partial charge in [-0.25, -0.2) is 9.18 Å². The van der Waals surface area contributed by atoms with Crippen LogP contribution < -0.4 is 10.6 Å². The predicted octanol–water partition coefficient (Wildman–Crippen LogP) is 7.24. The van der Waals surface area contributed by atoms with E-state index < -0.39 is 23.3 Å². The van der Waals surface area contributed by atoms with Crippen LogP contribution in [0.25, 0.3) is 22.0 Å². The van der Waals surface area contributed by atoms with Gasteiger partial charge >= 0.3 is 6.09 Å². The Morgan fingerprint density at radius 1 is 1.03 bits per heavy atom. The van der Waals surface area contributed by atoms with Crippen molar-refractivity contribution < 1.29 is 23.8 Å². The average Bonchev–Trinajstić information content (AvgIpc) is 3.72. The Balaban J connectivity index is 1.42. The average molecular weight is 554 g/mol. The second kappa shape index (κ2) is 10.6. The van der Waals surface area contributed by atoms with Crippen molar-refractivity contribution in [2.45, 2.75) is 77.0 Å². The number of hydrogen-bond donors (Lipinski definition) is 3. The first-order valence-corrected chi connectivity index (χ1v) is 13.8. The summed E-state index contributed by atoms with van der Waals surface area (Å²) in [6, 6.07) is 8.41. The molecule has 0 bridgehead atoms. The summed E-state index contributed by atoms with van der Waals surface area (Å²) < 4.78 is 19.6. The highest BCUT2D eigenvalue weighted by Crippen LogP contribution is 2.39. The minimum absolute atomic E-state index is 0.0201. The third kappa shape index (κ3) is 6.27. The van der Waals surface area contributed by atoms with Gasteiger partial charge in [0.2, 0.25) is 0 Å². The van der Waals surface area contributed by atoms with Crippen molar-refractivity contribution in [3.05, 3.63) is 52.9 Å². The molecular formula is C30H33ClFN3O4. The Kier molecular flexibility index (Phi) is 7.42. The number of hydrogen-bond acceptors (Lipinski definition) is 6. The molecule has 3 N–H and O–H groups in total. The first-order valence-electron chi connectivity index (χ1n) is 13.4. The number of Topliss-reactive ketones (excluding diaryl/α,β-unsaturated/α-hetero) is 1. The maximum absolute atomic E-state index is 14.2. The van der Waals surface area contributed by atoms with Crippen molar-refractivity contribution in [3.63, 3.8) is 0 Å². The van der Waals surface area contributed by atoms with Crippen molar-refractivity contribution in [1.82, 2.24) is 10.3 Å². The van der Waals surface area contributed by atoms with Crippen LogP contribution in [-0.4, -0.2) is 39.7 Å². The molecule has 5 rings (SSSR count). The molecule has 0 saturated heterocycles. The molecule has 0 spiro atoms. The molecule has 9 heteroatoms. The van der Waals surface area contributed by atoms with Gasteiger partial charge < -0.3 is 20.5 Å². The lowest BCUT2D eigenvalue weighted by molar-refractivity contribution is 0.0492. The molecule has 2 aromatic carbocycles. The zero-order chi connectivity index (χ0) is 27.9. The largest absolute Gasteiger partial charge is 0.504 e. The van der Waals surface area contributed by atoms with Gasteiger partial charge in [0.25, 0.3) is 0 Å². The van der Waals surface area contributed by atoms with E-state index in [0.717, 1.165) is 49.6 Å². The highest BCUT2D eigenvalue weighted by molar-refractivity contribution is 6.32. The molecule has 3 aromatic rings. The fourth-order valence-corrected chi connectivity index (χ4v) is 5.28. The van der Waals surface area contributed by atoms with E-state index in [2.05, 4.69) is 15.6 Å². The highest BCUT2D eigenvalue weighted by atomic mass is 35.5. The standard InChI is InChI=1S/C30H33ClFN3O4/c1-30(2,3)39-29(38)35-20-9-7-19(8-10-20)34-26-21-12-17(18-13-23(31)28(37)24(32)14-18)6-11-25(21)33-15-22(26)27(36)16-4-5-16/h6,11-16,19-20,37H,4-5,7-10H2,1-3H3,(H,33,34)(H,35,38). The van der Waals surface area contributed by atoms with Gasteiger partial charge in [-0.05, 0) is 94.7 Å². The van der Waals surface area contributed by atoms with Crippen LogP contribution in [0, 0.1) is 11.7 Å². The number of nitrogens with one attached hydrogen (secondary N) is 2. The first kappa shape index (κ1) is 27.2. The van der Waals surface area contributed by atoms with Gasteiger partial charge in [0.05, 0.1) is 21.8 Å². The van der Waals surface area contributed by atoms with Gasteiger partial charge in [0, 0.05) is 29.6 Å². The van der Waals surface area contributed by atoms with Gasteiger partial charge in [-0.1, -0.05) is 17.7 Å². The summed E-state index contributed by atoms with van der Waals surface area (Å²) in [5.41, 5.74) is 2.65. The third-order valence-corrected chi connectivity index (χ3v) is 7.52. The number of fused-ring (bicyclic) bond motifs is 1. The summed E-state index contributed by atoms with van der Waals surface area (Å²) in [7, 11) is 0. The van der Waals surface area contributed by atoms with E-state index in [1.807, 2.05) is 39.0 Å². The molecule has 7 nitrogen and oxygen atoms in total. The topological polar surface area (TPSA) is 101 Å². The van der Waals surface area contributed by atoms with E-state index >= 15 is 0 Å². The Bertz CT molecular complexity index is 1400. The number of phenolic OH excluding ortho intramolecular Hbond substituents is 1. The van der Waals surface area contributed by atoms with Crippen LogP contribution >= 0.6 is 11.6 Å². The van der Waals surface area contributed by atoms with Crippen molar-refractivity contribution in [3.8, 4) is 16.9 Å². The smallest absolute Gasteiger partial charge is 0.407 e. The lowest BCUT2D eigenvalue weighted by Gasteiger charge is -2.31. The van der Waals surface area contributed by atoms with Gasteiger partial charge in [0.1, 0.15) is 5.60 Å². The lowest BCUT2D eigenvalue weighted by atomic mass is 9.90. The fraction of sp³-hybridized carbons (Fsp3) is 0.433. The Morgan fingerprint density at radius 2 is 1.72 bits per heavy atom. The number of phenols is 1. The second-order valence-corrected chi connectivity index (χ2v) is 12.0. The first-order chi connectivity index (χ1) is 18.5. The van der Waals surface area contributed by atoms with Crippen LogP contribution in [0.2, 0.25) is 5.02 Å². The van der Waals surface area contributed by atoms with Crippen molar-refractivity contribution in [1.29, 1.82) is 0 Å². The van der Waals surface area contributed by atoms with Crippen LogP contribution in [0.4, 0.5) is 14.9 Å². The Labute approximate surface area is 232 Å². The van der Waals surface area contributed by atoms with E-state index in [1.54, 1.807) is 6.20 Å². The molecule has 2 saturated carbocycles. The van der Waals surface area contributed by atoms with Gasteiger partial charge in [0.15, 0.2) is 17.3 Å². The lowest BCUT2D eigenvalue weighted by Crippen LogP contribution is -2.42. The number of aromatic hydroxyl groups is 1. The number of carbonyl (C=O) groups is 2. The Hall–Kier alpha value is -3.39. The number of anilines is 1. The Morgan fingerprint density at radius 3 is 2.36 bits per heavy atom. The molecule has 0 atom stereocenters. The molecule has 2 aliphatic rings. The zero-order valence-corrected chi connectivity index (χ0v) is 23.1. The van der Waals surface area contributed by atoms with Gasteiger partial charge in [-0.15, -0.1) is 0 Å². The maximum Gasteiger partial charge on any atom is 0.407 e. The zero-order valence-electron chi connectivity index (χ0n) is 22.3. The molecule has 39 heavy (non-hydrogen) atoms. The number of nitrogens with zero attached hydrogens (tertiary/aromatic N) is 1. The fourth-order valence-electron chi connectivity index (χ4n) is 5.07. The van der Waals surface area contributed by atoms with Crippen LogP contribution in [0.5, 0.6) is 5.75 Å². The number of alkyl carbamates (subject to hydrolysis) is 1. The monoisotopic (exact) mass is 553 g/mol. The molecule has 1 heterocycles. The highest BCUT2D eigenvalue weighted by Gasteiger charge is 2.33. The van der Waals surface area contributed by atoms with Crippen molar-refractivity contribution in [2.75, 3.05) is 5.32 Å². The predicted molar refractivity (Wildman–Crippen MR) is 150 cm³/mol. The number of ketones is 1. The summed E-state index contributed by atoms with van der Waals surface area (Å²) in [5, 5.41) is 17.0. The third-order valence-electron chi connectivity index (χ3n) is 7.23. The van der Waals surface area contributed by atoms with Crippen LogP contribution in [0.15, 0.2) is 36.5 Å².